The molecule has 1 aromatic carbocycles. The quantitative estimate of drug-likeness (QED) is 0.740. The molecule has 4 rings (SSSR count). The number of anilines is 1. The summed E-state index contributed by atoms with van der Waals surface area (Å²) < 4.78 is 11.4. The van der Waals surface area contributed by atoms with E-state index >= 15 is 0 Å². The van der Waals surface area contributed by atoms with Crippen LogP contribution in [0, 0.1) is 11.8 Å². The van der Waals surface area contributed by atoms with Gasteiger partial charge in [0.1, 0.15) is 0 Å². The summed E-state index contributed by atoms with van der Waals surface area (Å²) in [6.45, 7) is 3.06. The highest BCUT2D eigenvalue weighted by Crippen LogP contribution is 2.47. The standard InChI is InChI=1S/C21H29NO3.ClH/c1-2-24-21(23)15-10-11-18-17(13-15)20-16(9-6-12-25-20)19(22-18)14-7-4-3-5-8-14;/h10-11,13-14,16,19-20,22H,2-9,12H2,1H3;1H/t16-,19-,20-;/m0./s1. The fraction of sp³-hybridized carbons (Fsp3) is 0.667. The van der Waals surface area contributed by atoms with Crippen LogP contribution in [0.3, 0.4) is 0 Å². The first-order chi connectivity index (χ1) is 12.3. The monoisotopic (exact) mass is 379 g/mol. The van der Waals surface area contributed by atoms with Crippen LogP contribution in [0.25, 0.3) is 0 Å². The Bertz CT molecular complexity index is 630. The SMILES string of the molecule is CCOC(=O)c1ccc2c(c1)[C@H]1OCCC[C@H]1[C@H](C1CCCCC1)N2.Cl. The molecule has 0 aromatic heterocycles. The third-order valence-electron chi connectivity index (χ3n) is 6.18. The lowest BCUT2D eigenvalue weighted by Crippen LogP contribution is -2.46. The van der Waals surface area contributed by atoms with E-state index in [4.69, 9.17) is 9.47 Å². The molecule has 0 unspecified atom stereocenters. The molecule has 26 heavy (non-hydrogen) atoms. The Morgan fingerprint density at radius 1 is 1.19 bits per heavy atom. The highest BCUT2D eigenvalue weighted by atomic mass is 35.5. The number of benzene rings is 1. The first kappa shape index (κ1) is 19.5. The van der Waals surface area contributed by atoms with Crippen molar-refractivity contribution >= 4 is 24.1 Å². The normalized spacial score (nSPS) is 28.1. The third-order valence-corrected chi connectivity index (χ3v) is 6.18. The van der Waals surface area contributed by atoms with Gasteiger partial charge in [-0.25, -0.2) is 4.79 Å². The Hall–Kier alpha value is -1.26. The number of rotatable bonds is 3. The van der Waals surface area contributed by atoms with Crippen molar-refractivity contribution < 1.29 is 14.3 Å². The van der Waals surface area contributed by atoms with Crippen molar-refractivity contribution in [3.8, 4) is 0 Å². The minimum Gasteiger partial charge on any atom is -0.462 e. The average Bonchev–Trinajstić information content (AvgIpc) is 2.68. The topological polar surface area (TPSA) is 47.6 Å². The van der Waals surface area contributed by atoms with Crippen molar-refractivity contribution in [1.82, 2.24) is 0 Å². The average molecular weight is 380 g/mol. The van der Waals surface area contributed by atoms with Gasteiger partial charge in [-0.1, -0.05) is 19.3 Å². The molecule has 1 N–H and O–H groups in total. The van der Waals surface area contributed by atoms with Crippen LogP contribution in [0.15, 0.2) is 18.2 Å². The van der Waals surface area contributed by atoms with E-state index in [0.29, 0.717) is 24.1 Å². The molecule has 0 radical (unpaired) electrons. The zero-order valence-electron chi connectivity index (χ0n) is 15.5. The maximum atomic E-state index is 12.1. The van der Waals surface area contributed by atoms with E-state index in [-0.39, 0.29) is 24.5 Å². The lowest BCUT2D eigenvalue weighted by Gasteiger charge is -2.47. The lowest BCUT2D eigenvalue weighted by atomic mass is 9.71. The predicted molar refractivity (Wildman–Crippen MR) is 105 cm³/mol. The van der Waals surface area contributed by atoms with E-state index in [2.05, 4.69) is 5.32 Å². The Kier molecular flexibility index (Phi) is 6.46. The second kappa shape index (κ2) is 8.62. The lowest BCUT2D eigenvalue weighted by molar-refractivity contribution is -0.0458. The molecule has 144 valence electrons. The first-order valence-electron chi connectivity index (χ1n) is 9.97. The van der Waals surface area contributed by atoms with E-state index in [1.807, 2.05) is 25.1 Å². The summed E-state index contributed by atoms with van der Waals surface area (Å²) in [5.74, 6) is 1.02. The maximum Gasteiger partial charge on any atom is 0.338 e. The predicted octanol–water partition coefficient (Wildman–Crippen LogP) is 5.13. The van der Waals surface area contributed by atoms with Crippen molar-refractivity contribution in [1.29, 1.82) is 0 Å². The minimum atomic E-state index is -0.243. The van der Waals surface area contributed by atoms with Gasteiger partial charge in [-0.05, 0) is 56.7 Å². The van der Waals surface area contributed by atoms with E-state index in [9.17, 15) is 4.79 Å². The second-order valence-corrected chi connectivity index (χ2v) is 7.69. The molecular weight excluding hydrogens is 350 g/mol. The number of hydrogen-bond acceptors (Lipinski definition) is 4. The van der Waals surface area contributed by atoms with Gasteiger partial charge in [0.25, 0.3) is 0 Å². The minimum absolute atomic E-state index is 0. The van der Waals surface area contributed by atoms with Crippen LogP contribution >= 0.6 is 12.4 Å². The Morgan fingerprint density at radius 3 is 2.77 bits per heavy atom. The summed E-state index contributed by atoms with van der Waals surface area (Å²) >= 11 is 0. The number of carbonyl (C=O) groups excluding carboxylic acids is 1. The summed E-state index contributed by atoms with van der Waals surface area (Å²) in [5, 5.41) is 3.83. The van der Waals surface area contributed by atoms with Crippen molar-refractivity contribution in [2.45, 2.75) is 64.0 Å². The fourth-order valence-electron chi connectivity index (χ4n) is 5.01. The van der Waals surface area contributed by atoms with Gasteiger partial charge in [-0.3, -0.25) is 0 Å². The van der Waals surface area contributed by atoms with Gasteiger partial charge in [0.05, 0.1) is 18.3 Å². The number of halogens is 1. The van der Waals surface area contributed by atoms with Gasteiger partial charge in [-0.2, -0.15) is 0 Å². The van der Waals surface area contributed by atoms with Crippen LogP contribution in [0.1, 0.15) is 73.9 Å². The number of carbonyl (C=O) groups is 1. The molecule has 1 aliphatic carbocycles. The van der Waals surface area contributed by atoms with E-state index in [1.165, 1.54) is 38.5 Å². The van der Waals surface area contributed by atoms with Crippen molar-refractivity contribution in [2.24, 2.45) is 11.8 Å². The Labute approximate surface area is 162 Å². The number of ether oxygens (including phenoxy) is 2. The zero-order valence-corrected chi connectivity index (χ0v) is 16.4. The van der Waals surface area contributed by atoms with Crippen molar-refractivity contribution in [2.75, 3.05) is 18.5 Å². The molecule has 2 fully saturated rings. The fourth-order valence-corrected chi connectivity index (χ4v) is 5.01. The molecule has 3 aliphatic rings. The molecular formula is C21H30ClNO3. The Balaban J connectivity index is 0.00000196. The van der Waals surface area contributed by atoms with Gasteiger partial charge in [0.2, 0.25) is 0 Å². The summed E-state index contributed by atoms with van der Waals surface area (Å²) in [6, 6.07) is 6.42. The highest BCUT2D eigenvalue weighted by Gasteiger charge is 2.42. The molecule has 2 heterocycles. The van der Waals surface area contributed by atoms with Crippen molar-refractivity contribution in [3.63, 3.8) is 0 Å². The molecule has 3 atom stereocenters. The first-order valence-corrected chi connectivity index (χ1v) is 9.97. The van der Waals surface area contributed by atoms with Crippen LogP contribution in [0.4, 0.5) is 5.69 Å². The summed E-state index contributed by atoms with van der Waals surface area (Å²) in [5.41, 5.74) is 2.92. The van der Waals surface area contributed by atoms with Gasteiger partial charge in [0, 0.05) is 29.8 Å². The van der Waals surface area contributed by atoms with Gasteiger partial charge in [0.15, 0.2) is 0 Å². The maximum absolute atomic E-state index is 12.1. The Morgan fingerprint density at radius 2 is 2.00 bits per heavy atom. The van der Waals surface area contributed by atoms with Crippen LogP contribution < -0.4 is 5.32 Å². The van der Waals surface area contributed by atoms with Crippen molar-refractivity contribution in [3.05, 3.63) is 29.3 Å². The van der Waals surface area contributed by atoms with Gasteiger partial charge >= 0.3 is 5.97 Å². The summed E-state index contributed by atoms with van der Waals surface area (Å²) in [4.78, 5) is 12.1. The van der Waals surface area contributed by atoms with Gasteiger partial charge in [-0.15, -0.1) is 12.4 Å². The molecule has 0 amide bonds. The largest absolute Gasteiger partial charge is 0.462 e. The van der Waals surface area contributed by atoms with Gasteiger partial charge < -0.3 is 14.8 Å². The van der Waals surface area contributed by atoms with Crippen LogP contribution in [0.5, 0.6) is 0 Å². The molecule has 4 nitrogen and oxygen atoms in total. The number of esters is 1. The summed E-state index contributed by atoms with van der Waals surface area (Å²) in [6.07, 6.45) is 9.22. The zero-order chi connectivity index (χ0) is 17.2. The number of hydrogen-bond donors (Lipinski definition) is 1. The summed E-state index contributed by atoms with van der Waals surface area (Å²) in [7, 11) is 0. The van der Waals surface area contributed by atoms with E-state index in [0.717, 1.165) is 30.2 Å². The molecule has 2 aliphatic heterocycles. The number of nitrogens with one attached hydrogen (secondary N) is 1. The second-order valence-electron chi connectivity index (χ2n) is 7.69. The molecule has 0 spiro atoms. The van der Waals surface area contributed by atoms with Crippen LogP contribution in [0.2, 0.25) is 0 Å². The molecule has 0 bridgehead atoms. The molecule has 5 heteroatoms. The molecule has 1 saturated heterocycles. The van der Waals surface area contributed by atoms with E-state index < -0.39 is 0 Å². The third kappa shape index (κ3) is 3.72. The van der Waals surface area contributed by atoms with Crippen LogP contribution in [-0.2, 0) is 9.47 Å². The van der Waals surface area contributed by atoms with E-state index in [1.54, 1.807) is 0 Å². The highest BCUT2D eigenvalue weighted by molar-refractivity contribution is 5.90. The molecule has 1 aromatic rings. The van der Waals surface area contributed by atoms with Crippen LogP contribution in [-0.4, -0.2) is 25.2 Å². The number of fused-ring (bicyclic) bond motifs is 3. The smallest absolute Gasteiger partial charge is 0.338 e. The molecule has 1 saturated carbocycles.